The molecule has 2 heterocycles. The van der Waals surface area contributed by atoms with Crippen molar-refractivity contribution in [3.05, 3.63) is 23.3 Å². The molecule has 2 fully saturated rings. The number of rotatable bonds is 6. The number of fused-ring (bicyclic) bond motifs is 1. The summed E-state index contributed by atoms with van der Waals surface area (Å²) in [5.74, 6) is 0.984. The number of hydrogen-bond donors (Lipinski definition) is 1. The van der Waals surface area contributed by atoms with Crippen molar-refractivity contribution in [3.63, 3.8) is 0 Å². The number of unbranched alkanes of at least 4 members (excludes halogenated alkanes) is 1. The first kappa shape index (κ1) is 19.3. The molecule has 152 valence electrons. The van der Waals surface area contributed by atoms with Crippen LogP contribution in [0, 0.1) is 19.8 Å². The summed E-state index contributed by atoms with van der Waals surface area (Å²) in [4.78, 5) is 19.5. The van der Waals surface area contributed by atoms with Crippen LogP contribution in [-0.2, 0) is 4.79 Å². The summed E-state index contributed by atoms with van der Waals surface area (Å²) in [6.45, 7) is 7.46. The van der Waals surface area contributed by atoms with Gasteiger partial charge in [0.05, 0.1) is 11.0 Å². The summed E-state index contributed by atoms with van der Waals surface area (Å²) >= 11 is 0. The normalized spacial score (nSPS) is 23.2. The van der Waals surface area contributed by atoms with Gasteiger partial charge >= 0.3 is 0 Å². The maximum absolute atomic E-state index is 11.8. The van der Waals surface area contributed by atoms with Crippen molar-refractivity contribution in [2.45, 2.75) is 84.2 Å². The van der Waals surface area contributed by atoms with Crippen molar-refractivity contribution in [1.82, 2.24) is 9.55 Å². The Hall–Kier alpha value is -2.04. The van der Waals surface area contributed by atoms with Crippen molar-refractivity contribution in [1.29, 1.82) is 0 Å². The Morgan fingerprint density at radius 1 is 1.21 bits per heavy atom. The number of piperidine rings is 1. The van der Waals surface area contributed by atoms with Gasteiger partial charge in [0.25, 0.3) is 0 Å². The van der Waals surface area contributed by atoms with E-state index in [-0.39, 0.29) is 11.8 Å². The van der Waals surface area contributed by atoms with Crippen LogP contribution in [0.1, 0.15) is 75.5 Å². The first-order chi connectivity index (χ1) is 13.5. The van der Waals surface area contributed by atoms with Gasteiger partial charge in [0.1, 0.15) is 0 Å². The van der Waals surface area contributed by atoms with Crippen LogP contribution in [0.25, 0.3) is 11.0 Å². The number of aryl methyl sites for hydroxylation is 2. The van der Waals surface area contributed by atoms with Gasteiger partial charge in [-0.3, -0.25) is 4.79 Å². The highest BCUT2D eigenvalue weighted by Crippen LogP contribution is 2.41. The van der Waals surface area contributed by atoms with Gasteiger partial charge < -0.3 is 15.2 Å². The molecule has 1 amide bonds. The third-order valence-corrected chi connectivity index (χ3v) is 6.99. The molecule has 2 aliphatic rings. The fraction of sp³-hybridized carbons (Fsp3) is 0.652. The molecule has 0 spiro atoms. The van der Waals surface area contributed by atoms with Crippen LogP contribution in [0.3, 0.4) is 0 Å². The number of imidazole rings is 1. The lowest BCUT2D eigenvalue weighted by atomic mass is 9.88. The largest absolute Gasteiger partial charge is 0.369 e. The molecule has 2 aromatic rings. The predicted molar refractivity (Wildman–Crippen MR) is 115 cm³/mol. The van der Waals surface area contributed by atoms with Crippen LogP contribution >= 0.6 is 0 Å². The van der Waals surface area contributed by atoms with E-state index < -0.39 is 0 Å². The van der Waals surface area contributed by atoms with Crippen molar-refractivity contribution in [2.24, 2.45) is 11.7 Å². The highest BCUT2D eigenvalue weighted by molar-refractivity contribution is 5.81. The smallest absolute Gasteiger partial charge is 0.220 e. The molecule has 1 aromatic heterocycles. The SMILES string of the molecule is CCCCC1CC(C(N)=O)CCN1c1nc2cc(C)c(C)cc2n1C1CCC1. The first-order valence-electron chi connectivity index (χ1n) is 11.0. The van der Waals surface area contributed by atoms with Crippen LogP contribution in [0.5, 0.6) is 0 Å². The number of amides is 1. The molecule has 2 atom stereocenters. The summed E-state index contributed by atoms with van der Waals surface area (Å²) in [5.41, 5.74) is 10.7. The highest BCUT2D eigenvalue weighted by atomic mass is 16.1. The summed E-state index contributed by atoms with van der Waals surface area (Å²) in [6.07, 6.45) is 8.93. The maximum atomic E-state index is 11.8. The van der Waals surface area contributed by atoms with Crippen molar-refractivity contribution in [2.75, 3.05) is 11.4 Å². The number of primary amides is 1. The summed E-state index contributed by atoms with van der Waals surface area (Å²) < 4.78 is 2.51. The molecule has 1 aliphatic carbocycles. The molecule has 0 radical (unpaired) electrons. The predicted octanol–water partition coefficient (Wildman–Crippen LogP) is 4.64. The van der Waals surface area contributed by atoms with E-state index in [1.807, 2.05) is 0 Å². The van der Waals surface area contributed by atoms with Crippen LogP contribution in [0.4, 0.5) is 5.95 Å². The van der Waals surface area contributed by atoms with Gasteiger partial charge in [-0.2, -0.15) is 0 Å². The standard InChI is InChI=1S/C23H34N4O/c1-4-5-7-19-14-17(22(24)28)10-11-26(19)23-25-20-12-15(2)16(3)13-21(20)27(23)18-8-6-9-18/h12-13,17-19H,4-11,14H2,1-3H3,(H2,24,28). The van der Waals surface area contributed by atoms with Crippen LogP contribution in [-0.4, -0.2) is 28.0 Å². The summed E-state index contributed by atoms with van der Waals surface area (Å²) in [6, 6.07) is 5.46. The van der Waals surface area contributed by atoms with Crippen molar-refractivity contribution in [3.8, 4) is 0 Å². The third kappa shape index (κ3) is 3.40. The van der Waals surface area contributed by atoms with E-state index in [0.717, 1.165) is 37.3 Å². The van der Waals surface area contributed by atoms with E-state index in [9.17, 15) is 4.79 Å². The molecule has 5 nitrogen and oxygen atoms in total. The van der Waals surface area contributed by atoms with Crippen LogP contribution in [0.15, 0.2) is 12.1 Å². The Morgan fingerprint density at radius 3 is 2.61 bits per heavy atom. The molecule has 1 aromatic carbocycles. The molecule has 2 unspecified atom stereocenters. The Balaban J connectivity index is 1.76. The molecular formula is C23H34N4O. The fourth-order valence-electron chi connectivity index (χ4n) is 4.83. The lowest BCUT2D eigenvalue weighted by molar-refractivity contribution is -0.122. The molecule has 28 heavy (non-hydrogen) atoms. The zero-order valence-corrected chi connectivity index (χ0v) is 17.6. The summed E-state index contributed by atoms with van der Waals surface area (Å²) in [5, 5.41) is 0. The number of benzene rings is 1. The van der Waals surface area contributed by atoms with Gasteiger partial charge in [-0.25, -0.2) is 4.98 Å². The minimum Gasteiger partial charge on any atom is -0.369 e. The Bertz CT molecular complexity index is 867. The minimum atomic E-state index is -0.139. The van der Waals surface area contributed by atoms with Gasteiger partial charge in [0.15, 0.2) is 0 Å². The second-order valence-electron chi connectivity index (χ2n) is 8.90. The quantitative estimate of drug-likeness (QED) is 0.791. The molecule has 0 bridgehead atoms. The van der Waals surface area contributed by atoms with E-state index in [1.165, 1.54) is 48.7 Å². The van der Waals surface area contributed by atoms with Gasteiger partial charge in [0, 0.05) is 24.5 Å². The van der Waals surface area contributed by atoms with Crippen molar-refractivity contribution >= 4 is 22.9 Å². The Morgan fingerprint density at radius 2 is 1.96 bits per heavy atom. The lowest BCUT2D eigenvalue weighted by Crippen LogP contribution is -2.47. The van der Waals surface area contributed by atoms with E-state index in [4.69, 9.17) is 10.7 Å². The Labute approximate surface area is 168 Å². The number of carbonyl (C=O) groups is 1. The van der Waals surface area contributed by atoms with E-state index in [1.54, 1.807) is 0 Å². The molecule has 5 heteroatoms. The second kappa shape index (κ2) is 7.76. The number of nitrogens with two attached hydrogens (primary N) is 1. The molecule has 1 aliphatic heterocycles. The van der Waals surface area contributed by atoms with Gasteiger partial charge in [-0.1, -0.05) is 19.8 Å². The zero-order chi connectivity index (χ0) is 19.8. The fourth-order valence-corrected chi connectivity index (χ4v) is 4.83. The number of aromatic nitrogens is 2. The zero-order valence-electron chi connectivity index (χ0n) is 17.6. The van der Waals surface area contributed by atoms with Crippen LogP contribution in [0.2, 0.25) is 0 Å². The molecule has 2 N–H and O–H groups in total. The number of nitrogens with zero attached hydrogens (tertiary/aromatic N) is 3. The van der Waals surface area contributed by atoms with E-state index in [2.05, 4.69) is 42.4 Å². The average Bonchev–Trinajstić information content (AvgIpc) is 2.96. The maximum Gasteiger partial charge on any atom is 0.220 e. The van der Waals surface area contributed by atoms with Gasteiger partial charge in [-0.05, 0) is 75.6 Å². The number of anilines is 1. The molecule has 4 rings (SSSR count). The minimum absolute atomic E-state index is 0.00382. The van der Waals surface area contributed by atoms with Crippen LogP contribution < -0.4 is 10.6 Å². The topological polar surface area (TPSA) is 64.2 Å². The molecule has 1 saturated carbocycles. The summed E-state index contributed by atoms with van der Waals surface area (Å²) in [7, 11) is 0. The third-order valence-electron chi connectivity index (χ3n) is 6.99. The van der Waals surface area contributed by atoms with Crippen molar-refractivity contribution < 1.29 is 4.79 Å². The molecular weight excluding hydrogens is 348 g/mol. The lowest BCUT2D eigenvalue weighted by Gasteiger charge is -2.41. The first-order valence-corrected chi connectivity index (χ1v) is 11.0. The average molecular weight is 383 g/mol. The molecule has 1 saturated heterocycles. The van der Waals surface area contributed by atoms with Gasteiger partial charge in [-0.15, -0.1) is 0 Å². The number of hydrogen-bond acceptors (Lipinski definition) is 3. The van der Waals surface area contributed by atoms with E-state index in [0.29, 0.717) is 12.1 Å². The monoisotopic (exact) mass is 382 g/mol. The van der Waals surface area contributed by atoms with Gasteiger partial charge in [0.2, 0.25) is 11.9 Å². The second-order valence-corrected chi connectivity index (χ2v) is 8.90. The van der Waals surface area contributed by atoms with E-state index >= 15 is 0 Å². The Kier molecular flexibility index (Phi) is 5.35. The number of carbonyl (C=O) groups excluding carboxylic acids is 1. The highest BCUT2D eigenvalue weighted by Gasteiger charge is 2.35.